The minimum Gasteiger partial charge on any atom is -0.493 e. The molecule has 0 spiro atoms. The Labute approximate surface area is 181 Å². The van der Waals surface area contributed by atoms with Crippen LogP contribution in [-0.4, -0.2) is 27.6 Å². The van der Waals surface area contributed by atoms with Gasteiger partial charge in [0.05, 0.1) is 13.7 Å². The number of rotatable bonds is 7. The van der Waals surface area contributed by atoms with Gasteiger partial charge in [0.2, 0.25) is 0 Å². The summed E-state index contributed by atoms with van der Waals surface area (Å²) in [5, 5.41) is 11.1. The van der Waals surface area contributed by atoms with Crippen molar-refractivity contribution < 1.29 is 14.3 Å². The SMILES string of the molecule is COc1cc(C(=O)NCc2nnc3ccccn23)ccc1OCc1ccc(Br)cc1. The van der Waals surface area contributed by atoms with Crippen LogP contribution >= 0.6 is 15.9 Å². The van der Waals surface area contributed by atoms with E-state index in [2.05, 4.69) is 31.4 Å². The molecule has 7 nitrogen and oxygen atoms in total. The van der Waals surface area contributed by atoms with E-state index in [9.17, 15) is 4.79 Å². The molecule has 0 unspecified atom stereocenters. The van der Waals surface area contributed by atoms with Crippen molar-refractivity contribution in [1.29, 1.82) is 0 Å². The second-order valence-electron chi connectivity index (χ2n) is 6.51. The molecule has 0 atom stereocenters. The Morgan fingerprint density at radius 3 is 2.70 bits per heavy atom. The van der Waals surface area contributed by atoms with Crippen molar-refractivity contribution in [3.8, 4) is 11.5 Å². The molecule has 4 rings (SSSR count). The monoisotopic (exact) mass is 466 g/mol. The number of ether oxygens (including phenoxy) is 2. The maximum Gasteiger partial charge on any atom is 0.251 e. The van der Waals surface area contributed by atoms with Gasteiger partial charge in [0.25, 0.3) is 5.91 Å². The molecule has 4 aromatic rings. The molecule has 152 valence electrons. The Balaban J connectivity index is 1.42. The fourth-order valence-electron chi connectivity index (χ4n) is 2.94. The highest BCUT2D eigenvalue weighted by Crippen LogP contribution is 2.29. The van der Waals surface area contributed by atoms with Gasteiger partial charge in [0.15, 0.2) is 23.0 Å². The molecule has 2 aromatic heterocycles. The van der Waals surface area contributed by atoms with Gasteiger partial charge >= 0.3 is 0 Å². The first-order chi connectivity index (χ1) is 14.6. The Bertz CT molecular complexity index is 1170. The fraction of sp³-hybridized carbons (Fsp3) is 0.136. The number of hydrogen-bond donors (Lipinski definition) is 1. The average Bonchev–Trinajstić information content (AvgIpc) is 3.20. The van der Waals surface area contributed by atoms with Gasteiger partial charge < -0.3 is 14.8 Å². The van der Waals surface area contributed by atoms with E-state index in [1.807, 2.05) is 53.1 Å². The zero-order chi connectivity index (χ0) is 20.9. The molecule has 2 aromatic carbocycles. The number of nitrogens with zero attached hydrogens (tertiary/aromatic N) is 3. The number of halogens is 1. The van der Waals surface area contributed by atoms with Gasteiger partial charge in [0.1, 0.15) is 6.61 Å². The highest BCUT2D eigenvalue weighted by atomic mass is 79.9. The molecule has 0 saturated carbocycles. The minimum absolute atomic E-state index is 0.236. The summed E-state index contributed by atoms with van der Waals surface area (Å²) in [4.78, 5) is 12.6. The highest BCUT2D eigenvalue weighted by Gasteiger charge is 2.13. The molecule has 0 aliphatic rings. The highest BCUT2D eigenvalue weighted by molar-refractivity contribution is 9.10. The number of aromatic nitrogens is 3. The molecule has 2 heterocycles. The number of amides is 1. The van der Waals surface area contributed by atoms with Crippen LogP contribution in [0.1, 0.15) is 21.7 Å². The van der Waals surface area contributed by atoms with Crippen molar-refractivity contribution in [2.45, 2.75) is 13.2 Å². The van der Waals surface area contributed by atoms with Gasteiger partial charge in [-0.2, -0.15) is 0 Å². The summed E-state index contributed by atoms with van der Waals surface area (Å²) >= 11 is 3.42. The normalized spacial score (nSPS) is 10.7. The molecular formula is C22H19BrN4O3. The maximum atomic E-state index is 12.6. The van der Waals surface area contributed by atoms with Crippen molar-refractivity contribution >= 4 is 27.5 Å². The molecule has 1 amide bonds. The number of carbonyl (C=O) groups is 1. The molecule has 30 heavy (non-hydrogen) atoms. The van der Waals surface area contributed by atoms with Crippen molar-refractivity contribution in [2.75, 3.05) is 7.11 Å². The Kier molecular flexibility index (Phi) is 5.94. The Morgan fingerprint density at radius 2 is 1.90 bits per heavy atom. The third-order valence-electron chi connectivity index (χ3n) is 4.52. The lowest BCUT2D eigenvalue weighted by Crippen LogP contribution is -2.24. The van der Waals surface area contributed by atoms with Gasteiger partial charge in [-0.15, -0.1) is 10.2 Å². The van der Waals surface area contributed by atoms with E-state index in [1.165, 1.54) is 0 Å². The predicted octanol–water partition coefficient (Wildman–Crippen LogP) is 4.01. The zero-order valence-electron chi connectivity index (χ0n) is 16.2. The third-order valence-corrected chi connectivity index (χ3v) is 5.05. The lowest BCUT2D eigenvalue weighted by Gasteiger charge is -2.12. The number of hydrogen-bond acceptors (Lipinski definition) is 5. The van der Waals surface area contributed by atoms with Gasteiger partial charge in [-0.1, -0.05) is 34.1 Å². The molecule has 0 radical (unpaired) electrons. The Morgan fingerprint density at radius 1 is 1.07 bits per heavy atom. The number of carbonyl (C=O) groups excluding carboxylic acids is 1. The third kappa shape index (κ3) is 4.44. The first-order valence-electron chi connectivity index (χ1n) is 9.26. The quantitative estimate of drug-likeness (QED) is 0.445. The summed E-state index contributed by atoms with van der Waals surface area (Å²) in [6.07, 6.45) is 1.86. The lowest BCUT2D eigenvalue weighted by atomic mass is 10.2. The summed E-state index contributed by atoms with van der Waals surface area (Å²) in [5.74, 6) is 1.48. The molecular weight excluding hydrogens is 448 g/mol. The lowest BCUT2D eigenvalue weighted by molar-refractivity contribution is 0.0949. The molecule has 1 N–H and O–H groups in total. The minimum atomic E-state index is -0.236. The van der Waals surface area contributed by atoms with Crippen LogP contribution in [0.25, 0.3) is 5.65 Å². The second kappa shape index (κ2) is 8.96. The topological polar surface area (TPSA) is 77.8 Å². The maximum absolute atomic E-state index is 12.6. The summed E-state index contributed by atoms with van der Waals surface area (Å²) in [6, 6.07) is 18.6. The smallest absolute Gasteiger partial charge is 0.251 e. The first-order valence-corrected chi connectivity index (χ1v) is 10.1. The number of nitrogens with one attached hydrogen (secondary N) is 1. The van der Waals surface area contributed by atoms with Gasteiger partial charge in [0, 0.05) is 16.2 Å². The second-order valence-corrected chi connectivity index (χ2v) is 7.42. The van der Waals surface area contributed by atoms with Crippen LogP contribution in [0.4, 0.5) is 0 Å². The van der Waals surface area contributed by atoms with Crippen molar-refractivity contribution in [3.05, 3.63) is 88.3 Å². The van der Waals surface area contributed by atoms with Crippen molar-refractivity contribution in [3.63, 3.8) is 0 Å². The van der Waals surface area contributed by atoms with Crippen LogP contribution in [0, 0.1) is 0 Å². The van der Waals surface area contributed by atoms with Crippen LogP contribution in [0.5, 0.6) is 11.5 Å². The standard InChI is InChI=1S/C22H19BrN4O3/c1-29-19-12-16(7-10-18(19)30-14-15-5-8-17(23)9-6-15)22(28)24-13-21-26-25-20-4-2-3-11-27(20)21/h2-12H,13-14H2,1H3,(H,24,28). The average molecular weight is 467 g/mol. The number of methoxy groups -OCH3 is 1. The van der Waals surface area contributed by atoms with E-state index in [1.54, 1.807) is 25.3 Å². The van der Waals surface area contributed by atoms with E-state index < -0.39 is 0 Å². The summed E-state index contributed by atoms with van der Waals surface area (Å²) < 4.78 is 14.1. The van der Waals surface area contributed by atoms with Gasteiger partial charge in [-0.3, -0.25) is 9.20 Å². The van der Waals surface area contributed by atoms with Gasteiger partial charge in [-0.25, -0.2) is 0 Å². The van der Waals surface area contributed by atoms with E-state index >= 15 is 0 Å². The molecule has 0 aliphatic carbocycles. The van der Waals surface area contributed by atoms with Crippen LogP contribution in [0.2, 0.25) is 0 Å². The predicted molar refractivity (Wildman–Crippen MR) is 116 cm³/mol. The molecule has 0 saturated heterocycles. The first kappa shape index (κ1) is 19.9. The van der Waals surface area contributed by atoms with Crippen LogP contribution in [0.15, 0.2) is 71.3 Å². The van der Waals surface area contributed by atoms with Crippen LogP contribution in [0.3, 0.4) is 0 Å². The summed E-state index contributed by atoms with van der Waals surface area (Å²) in [5.41, 5.74) is 2.23. The molecule has 0 aliphatic heterocycles. The summed E-state index contributed by atoms with van der Waals surface area (Å²) in [7, 11) is 1.55. The van der Waals surface area contributed by atoms with Crippen molar-refractivity contribution in [1.82, 2.24) is 19.9 Å². The number of benzene rings is 2. The number of pyridine rings is 1. The van der Waals surface area contributed by atoms with Gasteiger partial charge in [-0.05, 0) is 48.0 Å². The molecule has 0 bridgehead atoms. The van der Waals surface area contributed by atoms with E-state index in [-0.39, 0.29) is 12.5 Å². The van der Waals surface area contributed by atoms with E-state index in [0.717, 1.165) is 15.7 Å². The van der Waals surface area contributed by atoms with E-state index in [0.29, 0.717) is 29.5 Å². The summed E-state index contributed by atoms with van der Waals surface area (Å²) in [6.45, 7) is 0.656. The zero-order valence-corrected chi connectivity index (χ0v) is 17.8. The largest absolute Gasteiger partial charge is 0.493 e. The van der Waals surface area contributed by atoms with Crippen LogP contribution in [-0.2, 0) is 13.2 Å². The number of fused-ring (bicyclic) bond motifs is 1. The molecule has 8 heteroatoms. The van der Waals surface area contributed by atoms with Crippen LogP contribution < -0.4 is 14.8 Å². The molecule has 0 fully saturated rings. The fourth-order valence-corrected chi connectivity index (χ4v) is 3.21. The van der Waals surface area contributed by atoms with Crippen molar-refractivity contribution in [2.24, 2.45) is 0 Å². The van der Waals surface area contributed by atoms with E-state index in [4.69, 9.17) is 9.47 Å². The Hall–Kier alpha value is -3.39.